The van der Waals surface area contributed by atoms with Gasteiger partial charge in [0.05, 0.1) is 12.2 Å². The van der Waals surface area contributed by atoms with Crippen molar-refractivity contribution in [3.63, 3.8) is 0 Å². The maximum absolute atomic E-state index is 14.9. The first-order valence-electron chi connectivity index (χ1n) is 10.5. The van der Waals surface area contributed by atoms with E-state index in [0.29, 0.717) is 41.1 Å². The summed E-state index contributed by atoms with van der Waals surface area (Å²) in [7, 11) is -3.77. The number of aryl methyl sites for hydroxylation is 2. The van der Waals surface area contributed by atoms with Crippen LogP contribution in [0.4, 0.5) is 10.1 Å². The first kappa shape index (κ1) is 22.7. The Hall–Kier alpha value is -3.46. The topological polar surface area (TPSA) is 92.5 Å². The highest BCUT2D eigenvalue weighted by Crippen LogP contribution is 2.39. The van der Waals surface area contributed by atoms with Crippen molar-refractivity contribution in [3.05, 3.63) is 94.8 Å². The van der Waals surface area contributed by atoms with E-state index < -0.39 is 27.0 Å². The Kier molecular flexibility index (Phi) is 6.07. The molecule has 33 heavy (non-hydrogen) atoms. The van der Waals surface area contributed by atoms with Crippen molar-refractivity contribution in [3.8, 4) is 0 Å². The molecule has 1 saturated heterocycles. The lowest BCUT2D eigenvalue weighted by Gasteiger charge is -2.35. The van der Waals surface area contributed by atoms with Crippen LogP contribution in [0, 0.1) is 19.7 Å². The van der Waals surface area contributed by atoms with E-state index in [2.05, 4.69) is 17.1 Å². The molecule has 1 unspecified atom stereocenters. The minimum absolute atomic E-state index is 0.172. The molecular formula is C24H24FN3O4S. The molecule has 1 aliphatic rings. The molecule has 1 aliphatic heterocycles. The summed E-state index contributed by atoms with van der Waals surface area (Å²) in [6.07, 6.45) is 0.919. The van der Waals surface area contributed by atoms with E-state index in [0.717, 1.165) is 0 Å². The number of allylic oxidation sites excluding steroid dienone is 1. The Balaban J connectivity index is 1.55. The molecule has 1 N–H and O–H groups in total. The van der Waals surface area contributed by atoms with Crippen molar-refractivity contribution in [2.75, 3.05) is 5.32 Å². The van der Waals surface area contributed by atoms with Crippen molar-refractivity contribution in [1.29, 1.82) is 0 Å². The van der Waals surface area contributed by atoms with E-state index in [1.165, 1.54) is 22.5 Å². The van der Waals surface area contributed by atoms with Crippen LogP contribution in [0.5, 0.6) is 0 Å². The van der Waals surface area contributed by atoms with Gasteiger partial charge in [-0.2, -0.15) is 0 Å². The summed E-state index contributed by atoms with van der Waals surface area (Å²) in [6, 6.07) is 13.2. The van der Waals surface area contributed by atoms with E-state index in [9.17, 15) is 17.6 Å². The number of sulfonamides is 1. The van der Waals surface area contributed by atoms with Crippen LogP contribution in [0.3, 0.4) is 0 Å². The zero-order valence-electron chi connectivity index (χ0n) is 18.3. The summed E-state index contributed by atoms with van der Waals surface area (Å²) in [5.74, 6) is -0.726. The molecule has 0 radical (unpaired) electrons. The molecule has 3 aromatic rings. The van der Waals surface area contributed by atoms with Crippen LogP contribution in [-0.2, 0) is 16.6 Å². The van der Waals surface area contributed by atoms with Gasteiger partial charge in [-0.15, -0.1) is 0 Å². The van der Waals surface area contributed by atoms with Gasteiger partial charge in [0.2, 0.25) is 10.0 Å². The second kappa shape index (κ2) is 8.82. The molecule has 0 aliphatic carbocycles. The van der Waals surface area contributed by atoms with Crippen LogP contribution in [-0.4, -0.2) is 23.8 Å². The number of amides is 1. The molecule has 0 bridgehead atoms. The van der Waals surface area contributed by atoms with Crippen LogP contribution in [0.1, 0.15) is 51.0 Å². The Labute approximate surface area is 191 Å². The standard InChI is InChI=1S/C24H24FN3O4S/c1-15-9-12-22(18-7-5-4-6-8-18)33(30,31)28(15)14-19-10-11-20(13-21(19)25)26-24(29)23-16(2)27-32-17(23)3/h4-8,10-11,13,22H,1,9,12,14H2,2-3H3,(H,26,29). The first-order chi connectivity index (χ1) is 15.7. The molecule has 9 heteroatoms. The van der Waals surface area contributed by atoms with Gasteiger partial charge >= 0.3 is 0 Å². The third-order valence-electron chi connectivity index (χ3n) is 5.77. The number of hydrogen-bond acceptors (Lipinski definition) is 5. The minimum Gasteiger partial charge on any atom is -0.361 e. The molecule has 2 heterocycles. The summed E-state index contributed by atoms with van der Waals surface area (Å²) in [4.78, 5) is 12.5. The molecule has 1 atom stereocenters. The fourth-order valence-corrected chi connectivity index (χ4v) is 6.02. The highest BCUT2D eigenvalue weighted by atomic mass is 32.2. The second-order valence-corrected chi connectivity index (χ2v) is 10.1. The number of benzene rings is 2. The van der Waals surface area contributed by atoms with E-state index in [1.807, 2.05) is 6.07 Å². The van der Waals surface area contributed by atoms with Crippen molar-refractivity contribution in [2.45, 2.75) is 38.5 Å². The number of nitrogens with one attached hydrogen (secondary N) is 1. The fourth-order valence-electron chi connectivity index (χ4n) is 4.02. The first-order valence-corrected chi connectivity index (χ1v) is 12.0. The van der Waals surface area contributed by atoms with E-state index in [4.69, 9.17) is 4.52 Å². The van der Waals surface area contributed by atoms with Gasteiger partial charge < -0.3 is 9.84 Å². The van der Waals surface area contributed by atoms with E-state index in [-0.39, 0.29) is 17.8 Å². The SMILES string of the molecule is C=C1CCC(c2ccccc2)S(=O)(=O)N1Cc1ccc(NC(=O)c2c(C)noc2C)cc1F. The summed E-state index contributed by atoms with van der Waals surface area (Å²) in [5.41, 5.74) is 2.28. The Morgan fingerprint density at radius 3 is 2.61 bits per heavy atom. The Bertz CT molecular complexity index is 1300. The van der Waals surface area contributed by atoms with Gasteiger partial charge in [-0.05, 0) is 44.4 Å². The number of nitrogens with zero attached hydrogens (tertiary/aromatic N) is 2. The van der Waals surface area contributed by atoms with Crippen LogP contribution < -0.4 is 5.32 Å². The lowest BCUT2D eigenvalue weighted by Crippen LogP contribution is -2.37. The highest BCUT2D eigenvalue weighted by Gasteiger charge is 2.38. The molecule has 0 spiro atoms. The van der Waals surface area contributed by atoms with Crippen molar-refractivity contribution in [2.24, 2.45) is 0 Å². The fraction of sp³-hybridized carbons (Fsp3) is 0.250. The van der Waals surface area contributed by atoms with Gasteiger partial charge in [-0.1, -0.05) is 48.1 Å². The molecule has 0 saturated carbocycles. The number of hydrogen-bond donors (Lipinski definition) is 1. The second-order valence-electron chi connectivity index (χ2n) is 8.02. The lowest BCUT2D eigenvalue weighted by molar-refractivity contribution is 0.102. The third-order valence-corrected chi connectivity index (χ3v) is 8.00. The van der Waals surface area contributed by atoms with Gasteiger partial charge in [0, 0.05) is 16.9 Å². The van der Waals surface area contributed by atoms with Gasteiger partial charge in [-0.3, -0.25) is 9.10 Å². The summed E-state index contributed by atoms with van der Waals surface area (Å²) >= 11 is 0. The van der Waals surface area contributed by atoms with Gasteiger partial charge in [0.25, 0.3) is 5.91 Å². The molecule has 1 fully saturated rings. The molecule has 1 amide bonds. The molecule has 172 valence electrons. The molecule has 4 rings (SSSR count). The van der Waals surface area contributed by atoms with Crippen LogP contribution in [0.2, 0.25) is 0 Å². The largest absolute Gasteiger partial charge is 0.361 e. The molecular weight excluding hydrogens is 445 g/mol. The smallest absolute Gasteiger partial charge is 0.261 e. The van der Waals surface area contributed by atoms with Gasteiger partial charge in [-0.25, -0.2) is 12.8 Å². The predicted molar refractivity (Wildman–Crippen MR) is 122 cm³/mol. The number of halogens is 1. The van der Waals surface area contributed by atoms with Crippen LogP contribution in [0.15, 0.2) is 65.3 Å². The summed E-state index contributed by atoms with van der Waals surface area (Å²) in [6.45, 7) is 6.99. The number of carbonyl (C=O) groups excluding carboxylic acids is 1. The zero-order chi connectivity index (χ0) is 23.8. The molecule has 1 aromatic heterocycles. The number of aromatic nitrogens is 1. The monoisotopic (exact) mass is 469 g/mol. The van der Waals surface area contributed by atoms with E-state index in [1.54, 1.807) is 38.1 Å². The Morgan fingerprint density at radius 1 is 1.24 bits per heavy atom. The normalized spacial score (nSPS) is 17.7. The Morgan fingerprint density at radius 2 is 1.97 bits per heavy atom. The summed E-state index contributed by atoms with van der Waals surface area (Å²) < 4.78 is 47.7. The van der Waals surface area contributed by atoms with Crippen LogP contribution >= 0.6 is 0 Å². The number of rotatable bonds is 5. The lowest BCUT2D eigenvalue weighted by atomic mass is 10.1. The third kappa shape index (κ3) is 4.41. The maximum Gasteiger partial charge on any atom is 0.261 e. The number of anilines is 1. The van der Waals surface area contributed by atoms with Crippen molar-refractivity contribution < 1.29 is 22.1 Å². The van der Waals surface area contributed by atoms with Gasteiger partial charge in [0.1, 0.15) is 22.4 Å². The quantitative estimate of drug-likeness (QED) is 0.576. The van der Waals surface area contributed by atoms with Crippen molar-refractivity contribution >= 4 is 21.6 Å². The molecule has 2 aromatic carbocycles. The molecule has 7 nitrogen and oxygen atoms in total. The maximum atomic E-state index is 14.9. The predicted octanol–water partition coefficient (Wildman–Crippen LogP) is 4.86. The van der Waals surface area contributed by atoms with Gasteiger partial charge in [0.15, 0.2) is 0 Å². The summed E-state index contributed by atoms with van der Waals surface area (Å²) in [5, 5.41) is 5.66. The average Bonchev–Trinajstić information content (AvgIpc) is 3.11. The number of carbonyl (C=O) groups is 1. The zero-order valence-corrected chi connectivity index (χ0v) is 19.2. The van der Waals surface area contributed by atoms with Crippen LogP contribution in [0.25, 0.3) is 0 Å². The highest BCUT2D eigenvalue weighted by molar-refractivity contribution is 7.89. The van der Waals surface area contributed by atoms with E-state index >= 15 is 0 Å². The minimum atomic E-state index is -3.77. The average molecular weight is 470 g/mol. The van der Waals surface area contributed by atoms with Crippen molar-refractivity contribution in [1.82, 2.24) is 9.46 Å².